The molecule has 3 rings (SSSR count). The van der Waals surface area contributed by atoms with Crippen molar-refractivity contribution in [3.8, 4) is 5.75 Å². The minimum atomic E-state index is 0.0119. The van der Waals surface area contributed by atoms with Gasteiger partial charge in [0.1, 0.15) is 5.75 Å². The zero-order valence-corrected chi connectivity index (χ0v) is 14.5. The van der Waals surface area contributed by atoms with Crippen LogP contribution in [-0.4, -0.2) is 10.9 Å². The molecule has 0 heterocycles. The standard InChI is InChI=1S/C20H28O2/c1-12(2)13-9-14-15(10-16(13)21)20(5)8-6-7-19(3,4)18(20)11-17(14)22/h9-10,12,18,21H,6-8,11H2,1-5H3/t18?,20-/m1/s1. The molecule has 0 saturated heterocycles. The van der Waals surface area contributed by atoms with Gasteiger partial charge in [0.15, 0.2) is 5.78 Å². The van der Waals surface area contributed by atoms with Gasteiger partial charge >= 0.3 is 0 Å². The Labute approximate surface area is 133 Å². The molecule has 22 heavy (non-hydrogen) atoms. The smallest absolute Gasteiger partial charge is 0.163 e. The number of carbonyl (C=O) groups is 1. The first-order valence-corrected chi connectivity index (χ1v) is 8.57. The highest BCUT2D eigenvalue weighted by molar-refractivity contribution is 6.00. The van der Waals surface area contributed by atoms with Crippen molar-refractivity contribution in [2.75, 3.05) is 0 Å². The van der Waals surface area contributed by atoms with Crippen LogP contribution < -0.4 is 0 Å². The highest BCUT2D eigenvalue weighted by atomic mass is 16.3. The summed E-state index contributed by atoms with van der Waals surface area (Å²) in [5.41, 5.74) is 3.04. The quantitative estimate of drug-likeness (QED) is 0.775. The van der Waals surface area contributed by atoms with Crippen molar-refractivity contribution in [2.24, 2.45) is 11.3 Å². The summed E-state index contributed by atoms with van der Waals surface area (Å²) < 4.78 is 0. The van der Waals surface area contributed by atoms with Gasteiger partial charge in [-0.25, -0.2) is 0 Å². The second kappa shape index (κ2) is 4.84. The van der Waals surface area contributed by atoms with Crippen LogP contribution >= 0.6 is 0 Å². The van der Waals surface area contributed by atoms with E-state index in [2.05, 4.69) is 34.6 Å². The van der Waals surface area contributed by atoms with Gasteiger partial charge in [-0.3, -0.25) is 4.79 Å². The third-order valence-electron chi connectivity index (χ3n) is 6.32. The Morgan fingerprint density at radius 3 is 2.50 bits per heavy atom. The number of Topliss-reactive ketones (excluding diaryl/α,β-unsaturated/α-hetero) is 1. The van der Waals surface area contributed by atoms with Gasteiger partial charge in [-0.15, -0.1) is 0 Å². The predicted molar refractivity (Wildman–Crippen MR) is 89.6 cm³/mol. The average molecular weight is 300 g/mol. The van der Waals surface area contributed by atoms with E-state index in [1.54, 1.807) is 0 Å². The van der Waals surface area contributed by atoms with Crippen molar-refractivity contribution in [1.29, 1.82) is 0 Å². The molecule has 0 spiro atoms. The van der Waals surface area contributed by atoms with Gasteiger partial charge in [-0.2, -0.15) is 0 Å². The second-order valence-electron chi connectivity index (χ2n) is 8.55. The van der Waals surface area contributed by atoms with Crippen LogP contribution in [0, 0.1) is 11.3 Å². The van der Waals surface area contributed by atoms with Crippen LogP contribution in [-0.2, 0) is 5.41 Å². The fraction of sp³-hybridized carbons (Fsp3) is 0.650. The Morgan fingerprint density at radius 2 is 1.86 bits per heavy atom. The van der Waals surface area contributed by atoms with Gasteiger partial charge < -0.3 is 5.11 Å². The highest BCUT2D eigenvalue weighted by Crippen LogP contribution is 2.57. The van der Waals surface area contributed by atoms with E-state index < -0.39 is 0 Å². The monoisotopic (exact) mass is 300 g/mol. The van der Waals surface area contributed by atoms with E-state index in [1.807, 2.05) is 12.1 Å². The molecule has 1 N–H and O–H groups in total. The van der Waals surface area contributed by atoms with E-state index in [9.17, 15) is 9.90 Å². The number of carbonyl (C=O) groups excluding carboxylic acids is 1. The van der Waals surface area contributed by atoms with Crippen LogP contribution in [0.5, 0.6) is 5.75 Å². The number of hydrogen-bond acceptors (Lipinski definition) is 2. The van der Waals surface area contributed by atoms with Crippen molar-refractivity contribution >= 4 is 5.78 Å². The summed E-state index contributed by atoms with van der Waals surface area (Å²) in [6.07, 6.45) is 4.15. The van der Waals surface area contributed by atoms with Crippen LogP contribution in [0.15, 0.2) is 12.1 Å². The van der Waals surface area contributed by atoms with Crippen molar-refractivity contribution in [2.45, 2.75) is 71.6 Å². The summed E-state index contributed by atoms with van der Waals surface area (Å²) in [6.45, 7) is 11.0. The maximum absolute atomic E-state index is 12.8. The minimum absolute atomic E-state index is 0.0119. The molecule has 120 valence electrons. The second-order valence-corrected chi connectivity index (χ2v) is 8.55. The Bertz CT molecular complexity index is 627. The normalized spacial score (nSPS) is 30.1. The zero-order valence-electron chi connectivity index (χ0n) is 14.5. The molecule has 1 aromatic carbocycles. The molecule has 1 unspecified atom stereocenters. The van der Waals surface area contributed by atoms with Crippen LogP contribution in [0.4, 0.5) is 0 Å². The van der Waals surface area contributed by atoms with Gasteiger partial charge in [-0.1, -0.05) is 41.0 Å². The van der Waals surface area contributed by atoms with Gasteiger partial charge in [0.2, 0.25) is 0 Å². The SMILES string of the molecule is CC(C)c1cc2c(cc1O)[C@@]1(C)CCCC(C)(C)C1CC2=O. The molecule has 1 aromatic rings. The number of hydrogen-bond donors (Lipinski definition) is 1. The lowest BCUT2D eigenvalue weighted by atomic mass is 9.50. The summed E-state index contributed by atoms with van der Waals surface area (Å²) >= 11 is 0. The molecule has 0 aromatic heterocycles. The fourth-order valence-electron chi connectivity index (χ4n) is 5.01. The molecular formula is C20H28O2. The average Bonchev–Trinajstić information content (AvgIpc) is 2.41. The molecule has 2 heteroatoms. The molecule has 2 aliphatic carbocycles. The lowest BCUT2D eigenvalue weighted by Crippen LogP contribution is -2.49. The zero-order chi connectivity index (χ0) is 16.3. The van der Waals surface area contributed by atoms with Crippen LogP contribution in [0.3, 0.4) is 0 Å². The first-order chi connectivity index (χ1) is 10.2. The molecule has 0 amide bonds. The number of fused-ring (bicyclic) bond motifs is 3. The maximum atomic E-state index is 12.8. The highest BCUT2D eigenvalue weighted by Gasteiger charge is 2.52. The largest absolute Gasteiger partial charge is 0.508 e. The summed E-state index contributed by atoms with van der Waals surface area (Å²) in [4.78, 5) is 12.8. The van der Waals surface area contributed by atoms with Crippen molar-refractivity contribution in [1.82, 2.24) is 0 Å². The summed E-state index contributed by atoms with van der Waals surface area (Å²) in [7, 11) is 0. The number of phenols is 1. The number of ketones is 1. The summed E-state index contributed by atoms with van der Waals surface area (Å²) in [5, 5.41) is 10.4. The van der Waals surface area contributed by atoms with Gasteiger partial charge in [0, 0.05) is 12.0 Å². The molecule has 1 saturated carbocycles. The van der Waals surface area contributed by atoms with E-state index in [0.29, 0.717) is 18.1 Å². The third kappa shape index (κ3) is 2.11. The van der Waals surface area contributed by atoms with E-state index in [4.69, 9.17) is 0 Å². The van der Waals surface area contributed by atoms with E-state index >= 15 is 0 Å². The Hall–Kier alpha value is -1.31. The van der Waals surface area contributed by atoms with Crippen LogP contribution in [0.1, 0.15) is 87.7 Å². The molecule has 0 radical (unpaired) electrons. The molecule has 0 aliphatic heterocycles. The van der Waals surface area contributed by atoms with Gasteiger partial charge in [-0.05, 0) is 58.8 Å². The van der Waals surface area contributed by atoms with E-state index in [1.165, 1.54) is 12.8 Å². The van der Waals surface area contributed by atoms with Crippen molar-refractivity contribution < 1.29 is 9.90 Å². The first kappa shape index (κ1) is 15.6. The van der Waals surface area contributed by atoms with Crippen molar-refractivity contribution in [3.63, 3.8) is 0 Å². The maximum Gasteiger partial charge on any atom is 0.163 e. The topological polar surface area (TPSA) is 37.3 Å². The Morgan fingerprint density at radius 1 is 1.18 bits per heavy atom. The van der Waals surface area contributed by atoms with Crippen LogP contribution in [0.2, 0.25) is 0 Å². The molecule has 2 aliphatic rings. The molecule has 0 bridgehead atoms. The fourth-order valence-corrected chi connectivity index (χ4v) is 5.01. The van der Waals surface area contributed by atoms with E-state index in [-0.39, 0.29) is 22.5 Å². The number of aromatic hydroxyl groups is 1. The Kier molecular flexibility index (Phi) is 3.43. The first-order valence-electron chi connectivity index (χ1n) is 8.57. The lowest BCUT2D eigenvalue weighted by molar-refractivity contribution is 0.0367. The molecule has 2 nitrogen and oxygen atoms in total. The van der Waals surface area contributed by atoms with Crippen molar-refractivity contribution in [3.05, 3.63) is 28.8 Å². The van der Waals surface area contributed by atoms with E-state index in [0.717, 1.165) is 23.1 Å². The number of rotatable bonds is 1. The molecule has 1 fully saturated rings. The van der Waals surface area contributed by atoms with Gasteiger partial charge in [0.25, 0.3) is 0 Å². The molecule has 2 atom stereocenters. The Balaban J connectivity index is 2.20. The predicted octanol–water partition coefficient (Wildman–Crippen LogP) is 5.19. The summed E-state index contributed by atoms with van der Waals surface area (Å²) in [5.74, 6) is 1.21. The number of benzene rings is 1. The van der Waals surface area contributed by atoms with Crippen LogP contribution in [0.25, 0.3) is 0 Å². The molecular weight excluding hydrogens is 272 g/mol. The lowest BCUT2D eigenvalue weighted by Gasteiger charge is -2.53. The minimum Gasteiger partial charge on any atom is -0.508 e. The summed E-state index contributed by atoms with van der Waals surface area (Å²) in [6, 6.07) is 3.86. The number of phenolic OH excluding ortho intramolecular Hbond substituents is 1. The third-order valence-corrected chi connectivity index (χ3v) is 6.32. The van der Waals surface area contributed by atoms with Gasteiger partial charge in [0.05, 0.1) is 0 Å².